The molecule has 0 fully saturated rings. The van der Waals surface area contributed by atoms with Crippen LogP contribution >= 0.6 is 12.2 Å². The Labute approximate surface area is 65.1 Å². The summed E-state index contributed by atoms with van der Waals surface area (Å²) in [5.74, 6) is 0. The van der Waals surface area contributed by atoms with Gasteiger partial charge in [-0.3, -0.25) is 5.43 Å². The Kier molecular flexibility index (Phi) is 4.78. The fraction of sp³-hybridized carbons (Fsp3) is 0.600. The van der Waals surface area contributed by atoms with E-state index in [1.807, 2.05) is 0 Å². The van der Waals surface area contributed by atoms with Crippen molar-refractivity contribution in [2.24, 2.45) is 10.8 Å². The Balaban J connectivity index is 3.57. The van der Waals surface area contributed by atoms with Crippen LogP contribution in [0.15, 0.2) is 5.10 Å². The van der Waals surface area contributed by atoms with E-state index < -0.39 is 0 Å². The zero-order valence-corrected chi connectivity index (χ0v) is 6.61. The van der Waals surface area contributed by atoms with E-state index in [-0.39, 0.29) is 11.7 Å². The zero-order chi connectivity index (χ0) is 7.98. The van der Waals surface area contributed by atoms with Gasteiger partial charge in [-0.05, 0) is 19.1 Å². The van der Waals surface area contributed by atoms with Gasteiger partial charge in [0.15, 0.2) is 5.11 Å². The average Bonchev–Trinajstić information content (AvgIpc) is 1.85. The summed E-state index contributed by atoms with van der Waals surface area (Å²) < 4.78 is 0. The molecule has 0 spiro atoms. The van der Waals surface area contributed by atoms with Crippen molar-refractivity contribution in [3.63, 3.8) is 0 Å². The molecule has 0 aliphatic heterocycles. The molecule has 0 aromatic heterocycles. The molecule has 0 saturated carbocycles. The summed E-state index contributed by atoms with van der Waals surface area (Å²) in [5.41, 5.74) is 8.28. The third kappa shape index (κ3) is 5.46. The maximum atomic E-state index is 8.43. The van der Waals surface area contributed by atoms with Crippen LogP contribution in [0.5, 0.6) is 0 Å². The van der Waals surface area contributed by atoms with E-state index in [0.29, 0.717) is 6.42 Å². The Hall–Kier alpha value is -0.680. The largest absolute Gasteiger partial charge is 0.396 e. The predicted octanol–water partition coefficient (Wildman–Crippen LogP) is -0.422. The smallest absolute Gasteiger partial charge is 0.184 e. The standard InChI is InChI=1S/C5H11N3OS/c1-4(2-3-9)7-8-5(6)10/h9H,2-3H2,1H3,(H3,6,8,10)/b7-4+. The first-order valence-corrected chi connectivity index (χ1v) is 3.27. The van der Waals surface area contributed by atoms with Crippen LogP contribution in [0.1, 0.15) is 13.3 Å². The highest BCUT2D eigenvalue weighted by Gasteiger charge is 1.88. The lowest BCUT2D eigenvalue weighted by molar-refractivity contribution is 0.307. The lowest BCUT2D eigenvalue weighted by Gasteiger charge is -1.97. The highest BCUT2D eigenvalue weighted by atomic mass is 32.1. The van der Waals surface area contributed by atoms with Gasteiger partial charge in [-0.2, -0.15) is 5.10 Å². The van der Waals surface area contributed by atoms with Gasteiger partial charge >= 0.3 is 0 Å². The summed E-state index contributed by atoms with van der Waals surface area (Å²) in [6.07, 6.45) is 0.537. The van der Waals surface area contributed by atoms with Gasteiger partial charge in [0.2, 0.25) is 0 Å². The molecule has 5 heteroatoms. The van der Waals surface area contributed by atoms with Gasteiger partial charge < -0.3 is 10.8 Å². The van der Waals surface area contributed by atoms with Crippen molar-refractivity contribution in [3.8, 4) is 0 Å². The minimum Gasteiger partial charge on any atom is -0.396 e. The number of nitrogens with two attached hydrogens (primary N) is 1. The number of thiocarbonyl (C=S) groups is 1. The first-order chi connectivity index (χ1) is 4.66. The van der Waals surface area contributed by atoms with Crippen LogP contribution in [0, 0.1) is 0 Å². The molecular formula is C5H11N3OS. The Morgan fingerprint density at radius 3 is 2.80 bits per heavy atom. The van der Waals surface area contributed by atoms with E-state index in [9.17, 15) is 0 Å². The normalized spacial score (nSPS) is 11.2. The van der Waals surface area contributed by atoms with Gasteiger partial charge in [0, 0.05) is 18.7 Å². The second-order valence-electron chi connectivity index (χ2n) is 1.80. The van der Waals surface area contributed by atoms with Gasteiger partial charge in [-0.1, -0.05) is 0 Å². The molecule has 4 nitrogen and oxygen atoms in total. The predicted molar refractivity (Wildman–Crippen MR) is 44.7 cm³/mol. The Bertz CT molecular complexity index is 146. The highest BCUT2D eigenvalue weighted by molar-refractivity contribution is 7.80. The molecule has 0 aliphatic rings. The number of hydrazone groups is 1. The minimum absolute atomic E-state index is 0.0916. The van der Waals surface area contributed by atoms with E-state index >= 15 is 0 Å². The fourth-order valence-electron chi connectivity index (χ4n) is 0.368. The first-order valence-electron chi connectivity index (χ1n) is 2.86. The summed E-state index contributed by atoms with van der Waals surface area (Å²) in [6.45, 7) is 1.87. The summed E-state index contributed by atoms with van der Waals surface area (Å²) >= 11 is 4.50. The van der Waals surface area contributed by atoms with Crippen molar-refractivity contribution < 1.29 is 5.11 Å². The molecule has 0 heterocycles. The van der Waals surface area contributed by atoms with E-state index in [1.54, 1.807) is 6.92 Å². The van der Waals surface area contributed by atoms with Gasteiger partial charge in [0.25, 0.3) is 0 Å². The molecule has 0 bridgehead atoms. The van der Waals surface area contributed by atoms with Crippen LogP contribution in [-0.4, -0.2) is 22.5 Å². The molecule has 0 amide bonds. The van der Waals surface area contributed by atoms with Crippen LogP contribution in [-0.2, 0) is 0 Å². The number of hydrogen-bond donors (Lipinski definition) is 3. The molecule has 0 aromatic carbocycles. The first kappa shape index (κ1) is 9.32. The fourth-order valence-corrected chi connectivity index (χ4v) is 0.414. The number of aliphatic hydroxyl groups excluding tert-OH is 1. The summed E-state index contributed by atoms with van der Waals surface area (Å²) in [5, 5.41) is 12.3. The minimum atomic E-state index is 0.0916. The third-order valence-corrected chi connectivity index (χ3v) is 0.922. The van der Waals surface area contributed by atoms with E-state index in [4.69, 9.17) is 10.8 Å². The molecule has 10 heavy (non-hydrogen) atoms. The maximum absolute atomic E-state index is 8.43. The number of rotatable bonds is 3. The molecule has 58 valence electrons. The monoisotopic (exact) mass is 161 g/mol. The Morgan fingerprint density at radius 1 is 1.80 bits per heavy atom. The molecule has 0 rings (SSSR count). The average molecular weight is 161 g/mol. The molecule has 0 aliphatic carbocycles. The number of nitrogens with zero attached hydrogens (tertiary/aromatic N) is 1. The van der Waals surface area contributed by atoms with Crippen molar-refractivity contribution >= 4 is 23.0 Å². The molecule has 4 N–H and O–H groups in total. The van der Waals surface area contributed by atoms with Crippen LogP contribution in [0.3, 0.4) is 0 Å². The van der Waals surface area contributed by atoms with E-state index in [0.717, 1.165) is 5.71 Å². The summed E-state index contributed by atoms with van der Waals surface area (Å²) in [4.78, 5) is 0. The van der Waals surface area contributed by atoms with Crippen molar-refractivity contribution in [1.82, 2.24) is 5.43 Å². The molecule has 0 saturated heterocycles. The van der Waals surface area contributed by atoms with E-state index in [1.165, 1.54) is 0 Å². The van der Waals surface area contributed by atoms with Gasteiger partial charge in [0.05, 0.1) is 0 Å². The van der Waals surface area contributed by atoms with Gasteiger partial charge in [0.1, 0.15) is 0 Å². The quantitative estimate of drug-likeness (QED) is 0.298. The SMILES string of the molecule is C/C(CCO)=N\NC(N)=S. The topological polar surface area (TPSA) is 70.6 Å². The third-order valence-electron chi connectivity index (χ3n) is 0.831. The van der Waals surface area contributed by atoms with Crippen molar-refractivity contribution in [3.05, 3.63) is 0 Å². The van der Waals surface area contributed by atoms with Crippen LogP contribution in [0.4, 0.5) is 0 Å². The molecule has 0 radical (unpaired) electrons. The second kappa shape index (κ2) is 5.13. The summed E-state index contributed by atoms with van der Waals surface area (Å²) in [6, 6.07) is 0. The molecule has 0 aromatic rings. The number of aliphatic hydroxyl groups is 1. The summed E-state index contributed by atoms with van der Waals surface area (Å²) in [7, 11) is 0. The molecule has 0 atom stereocenters. The van der Waals surface area contributed by atoms with Crippen LogP contribution < -0.4 is 11.2 Å². The number of nitrogens with one attached hydrogen (secondary N) is 1. The van der Waals surface area contributed by atoms with E-state index in [2.05, 4.69) is 22.7 Å². The van der Waals surface area contributed by atoms with Gasteiger partial charge in [-0.15, -0.1) is 0 Å². The maximum Gasteiger partial charge on any atom is 0.184 e. The Morgan fingerprint density at radius 2 is 2.40 bits per heavy atom. The van der Waals surface area contributed by atoms with Gasteiger partial charge in [-0.25, -0.2) is 0 Å². The van der Waals surface area contributed by atoms with Crippen LogP contribution in [0.25, 0.3) is 0 Å². The number of hydrogen-bond acceptors (Lipinski definition) is 3. The van der Waals surface area contributed by atoms with Crippen LogP contribution in [0.2, 0.25) is 0 Å². The van der Waals surface area contributed by atoms with Crippen molar-refractivity contribution in [2.45, 2.75) is 13.3 Å². The zero-order valence-electron chi connectivity index (χ0n) is 5.79. The second-order valence-corrected chi connectivity index (χ2v) is 2.24. The van der Waals surface area contributed by atoms with Crippen molar-refractivity contribution in [1.29, 1.82) is 0 Å². The highest BCUT2D eigenvalue weighted by Crippen LogP contribution is 1.81. The molecule has 0 unspecified atom stereocenters. The lowest BCUT2D eigenvalue weighted by Crippen LogP contribution is -2.25. The lowest BCUT2D eigenvalue weighted by atomic mass is 10.3. The molecular weight excluding hydrogens is 150 g/mol. The van der Waals surface area contributed by atoms with Crippen molar-refractivity contribution in [2.75, 3.05) is 6.61 Å².